The van der Waals surface area contributed by atoms with Gasteiger partial charge in [0.2, 0.25) is 0 Å². The molecule has 3 nitrogen and oxygen atoms in total. The smallest absolute Gasteiger partial charge is 0.129 e. The Balaban J connectivity index is 3.00. The number of aryl methyl sites for hydroxylation is 1. The lowest BCUT2D eigenvalue weighted by molar-refractivity contribution is 0.772. The van der Waals surface area contributed by atoms with Crippen molar-refractivity contribution >= 4 is 5.82 Å². The zero-order valence-electron chi connectivity index (χ0n) is 10.7. The highest BCUT2D eigenvalue weighted by molar-refractivity contribution is 5.42. The van der Waals surface area contributed by atoms with Gasteiger partial charge in [0.1, 0.15) is 5.82 Å². The molecule has 2 N–H and O–H groups in total. The quantitative estimate of drug-likeness (QED) is 0.801. The Hall–Kier alpha value is -1.09. The van der Waals surface area contributed by atoms with Crippen molar-refractivity contribution < 1.29 is 0 Å². The second kappa shape index (κ2) is 6.48. The van der Waals surface area contributed by atoms with Crippen molar-refractivity contribution in [3.8, 4) is 0 Å². The molecule has 1 aromatic rings. The molecule has 0 fully saturated rings. The Kier molecular flexibility index (Phi) is 5.26. The second-order valence-electron chi connectivity index (χ2n) is 3.96. The number of hydrogen-bond acceptors (Lipinski definition) is 3. The summed E-state index contributed by atoms with van der Waals surface area (Å²) in [6.45, 7) is 9.13. The van der Waals surface area contributed by atoms with Gasteiger partial charge in [-0.05, 0) is 37.5 Å². The molecule has 0 radical (unpaired) electrons. The lowest BCUT2D eigenvalue weighted by atomic mass is 10.2. The standard InChI is InChI=1S/C13H23N3/c1-4-7-16(6-3)13-9-11(10-14)8-12(5-2)15-13/h8-9H,4-7,10,14H2,1-3H3. The predicted octanol–water partition coefficient (Wildman–Crippen LogP) is 2.34. The lowest BCUT2D eigenvalue weighted by Gasteiger charge is -2.22. The molecule has 90 valence electrons. The third-order valence-electron chi connectivity index (χ3n) is 2.72. The molecule has 0 atom stereocenters. The Morgan fingerprint density at radius 3 is 2.50 bits per heavy atom. The van der Waals surface area contributed by atoms with Crippen LogP contribution in [0.4, 0.5) is 5.82 Å². The maximum Gasteiger partial charge on any atom is 0.129 e. The fourth-order valence-electron chi connectivity index (χ4n) is 1.80. The predicted molar refractivity (Wildman–Crippen MR) is 69.7 cm³/mol. The van der Waals surface area contributed by atoms with Crippen LogP contribution < -0.4 is 10.6 Å². The molecule has 0 amide bonds. The largest absolute Gasteiger partial charge is 0.357 e. The minimum atomic E-state index is 0.589. The van der Waals surface area contributed by atoms with Crippen LogP contribution in [0.3, 0.4) is 0 Å². The van der Waals surface area contributed by atoms with Gasteiger partial charge in [0.05, 0.1) is 0 Å². The zero-order valence-corrected chi connectivity index (χ0v) is 10.7. The summed E-state index contributed by atoms with van der Waals surface area (Å²) in [6.07, 6.45) is 2.11. The Morgan fingerprint density at radius 2 is 2.00 bits per heavy atom. The number of rotatable bonds is 6. The van der Waals surface area contributed by atoms with E-state index in [0.29, 0.717) is 6.54 Å². The fraction of sp³-hybridized carbons (Fsp3) is 0.615. The number of pyridine rings is 1. The van der Waals surface area contributed by atoms with Gasteiger partial charge in [-0.15, -0.1) is 0 Å². The van der Waals surface area contributed by atoms with Gasteiger partial charge in [-0.2, -0.15) is 0 Å². The van der Waals surface area contributed by atoms with Gasteiger partial charge >= 0.3 is 0 Å². The number of anilines is 1. The van der Waals surface area contributed by atoms with Gasteiger partial charge in [0, 0.05) is 25.3 Å². The highest BCUT2D eigenvalue weighted by Crippen LogP contribution is 2.15. The van der Waals surface area contributed by atoms with Crippen LogP contribution in [0.25, 0.3) is 0 Å². The van der Waals surface area contributed by atoms with Crippen LogP contribution in [0.5, 0.6) is 0 Å². The molecule has 16 heavy (non-hydrogen) atoms. The number of nitrogens with two attached hydrogens (primary N) is 1. The summed E-state index contributed by atoms with van der Waals surface area (Å²) in [5.74, 6) is 1.07. The SMILES string of the molecule is CCCN(CC)c1cc(CN)cc(CC)n1. The van der Waals surface area contributed by atoms with Crippen molar-refractivity contribution in [1.29, 1.82) is 0 Å². The van der Waals surface area contributed by atoms with Crippen LogP contribution in [0.1, 0.15) is 38.4 Å². The first-order valence-electron chi connectivity index (χ1n) is 6.19. The second-order valence-corrected chi connectivity index (χ2v) is 3.96. The Morgan fingerprint density at radius 1 is 1.25 bits per heavy atom. The molecule has 0 aliphatic heterocycles. The Bertz CT molecular complexity index is 301. The van der Waals surface area contributed by atoms with E-state index in [0.717, 1.165) is 37.4 Å². The zero-order chi connectivity index (χ0) is 12.0. The molecule has 3 heteroatoms. The van der Waals surface area contributed by atoms with Crippen LogP contribution in [-0.2, 0) is 13.0 Å². The summed E-state index contributed by atoms with van der Waals surface area (Å²) in [5, 5.41) is 0. The van der Waals surface area contributed by atoms with E-state index in [2.05, 4.69) is 42.8 Å². The van der Waals surface area contributed by atoms with Crippen molar-refractivity contribution in [3.05, 3.63) is 23.4 Å². The molecule has 1 aromatic heterocycles. The summed E-state index contributed by atoms with van der Waals surface area (Å²) < 4.78 is 0. The van der Waals surface area contributed by atoms with E-state index < -0.39 is 0 Å². The first kappa shape index (κ1) is 13.0. The van der Waals surface area contributed by atoms with E-state index in [9.17, 15) is 0 Å². The first-order valence-corrected chi connectivity index (χ1v) is 6.19. The van der Waals surface area contributed by atoms with Crippen LogP contribution >= 0.6 is 0 Å². The molecule has 0 aromatic carbocycles. The number of aromatic nitrogens is 1. The van der Waals surface area contributed by atoms with Crippen molar-refractivity contribution in [2.45, 2.75) is 40.2 Å². The van der Waals surface area contributed by atoms with E-state index in [1.54, 1.807) is 0 Å². The molecule has 1 rings (SSSR count). The first-order chi connectivity index (χ1) is 7.74. The van der Waals surface area contributed by atoms with Gasteiger partial charge in [0.25, 0.3) is 0 Å². The molecular weight excluding hydrogens is 198 g/mol. The monoisotopic (exact) mass is 221 g/mol. The van der Waals surface area contributed by atoms with E-state index in [1.807, 2.05) is 0 Å². The van der Waals surface area contributed by atoms with E-state index in [4.69, 9.17) is 5.73 Å². The summed E-state index contributed by atoms with van der Waals surface area (Å²) >= 11 is 0. The fourth-order valence-corrected chi connectivity index (χ4v) is 1.80. The van der Waals surface area contributed by atoms with E-state index in [1.165, 1.54) is 5.56 Å². The van der Waals surface area contributed by atoms with Gasteiger partial charge < -0.3 is 10.6 Å². The molecule has 0 aliphatic carbocycles. The lowest BCUT2D eigenvalue weighted by Crippen LogP contribution is -2.25. The van der Waals surface area contributed by atoms with Gasteiger partial charge in [-0.1, -0.05) is 13.8 Å². The molecule has 0 bridgehead atoms. The summed E-state index contributed by atoms with van der Waals surface area (Å²) in [4.78, 5) is 6.96. The molecule has 0 aliphatic rings. The van der Waals surface area contributed by atoms with Crippen LogP contribution in [0.15, 0.2) is 12.1 Å². The van der Waals surface area contributed by atoms with E-state index >= 15 is 0 Å². The van der Waals surface area contributed by atoms with Gasteiger partial charge in [0.15, 0.2) is 0 Å². The highest BCUT2D eigenvalue weighted by atomic mass is 15.2. The maximum atomic E-state index is 5.71. The topological polar surface area (TPSA) is 42.1 Å². The van der Waals surface area contributed by atoms with Crippen LogP contribution in [-0.4, -0.2) is 18.1 Å². The summed E-state index contributed by atoms with van der Waals surface area (Å²) in [6, 6.07) is 4.21. The van der Waals surface area contributed by atoms with Gasteiger partial charge in [-0.25, -0.2) is 4.98 Å². The summed E-state index contributed by atoms with van der Waals surface area (Å²) in [7, 11) is 0. The minimum Gasteiger partial charge on any atom is -0.357 e. The van der Waals surface area contributed by atoms with Crippen LogP contribution in [0.2, 0.25) is 0 Å². The normalized spacial score (nSPS) is 10.5. The third-order valence-corrected chi connectivity index (χ3v) is 2.72. The molecule has 0 saturated heterocycles. The average Bonchev–Trinajstić information content (AvgIpc) is 2.35. The molecule has 0 spiro atoms. The van der Waals surface area contributed by atoms with Crippen LogP contribution in [0, 0.1) is 0 Å². The number of hydrogen-bond donors (Lipinski definition) is 1. The average molecular weight is 221 g/mol. The molecular formula is C13H23N3. The summed E-state index contributed by atoms with van der Waals surface area (Å²) in [5.41, 5.74) is 8.02. The molecule has 0 saturated carbocycles. The van der Waals surface area contributed by atoms with Crippen molar-refractivity contribution in [2.24, 2.45) is 5.73 Å². The third kappa shape index (κ3) is 3.20. The molecule has 0 unspecified atom stereocenters. The highest BCUT2D eigenvalue weighted by Gasteiger charge is 2.07. The van der Waals surface area contributed by atoms with Gasteiger partial charge in [-0.3, -0.25) is 0 Å². The van der Waals surface area contributed by atoms with Crippen molar-refractivity contribution in [2.75, 3.05) is 18.0 Å². The number of nitrogens with zero attached hydrogens (tertiary/aromatic N) is 2. The van der Waals surface area contributed by atoms with Crippen molar-refractivity contribution in [3.63, 3.8) is 0 Å². The minimum absolute atomic E-state index is 0.589. The van der Waals surface area contributed by atoms with Crippen molar-refractivity contribution in [1.82, 2.24) is 4.98 Å². The van der Waals surface area contributed by atoms with E-state index in [-0.39, 0.29) is 0 Å². The maximum absolute atomic E-state index is 5.71. The Labute approximate surface area is 98.7 Å². The molecule has 1 heterocycles.